The third-order valence-electron chi connectivity index (χ3n) is 3.49. The molecule has 3 atom stereocenters. The van der Waals surface area contributed by atoms with Crippen LogP contribution in [0.3, 0.4) is 0 Å². The first-order valence-corrected chi connectivity index (χ1v) is 6.95. The van der Waals surface area contributed by atoms with Gasteiger partial charge in [-0.1, -0.05) is 0 Å². The van der Waals surface area contributed by atoms with Gasteiger partial charge in [-0.25, -0.2) is 0 Å². The minimum Gasteiger partial charge on any atom is -0.373 e. The summed E-state index contributed by atoms with van der Waals surface area (Å²) in [5, 5.41) is 0. The third kappa shape index (κ3) is 1.78. The largest absolute Gasteiger partial charge is 0.373 e. The van der Waals surface area contributed by atoms with Crippen molar-refractivity contribution in [2.75, 3.05) is 0 Å². The maximum absolute atomic E-state index is 6.45. The molecule has 2 saturated heterocycles. The van der Waals surface area contributed by atoms with Crippen LogP contribution in [0, 0.1) is 0 Å². The number of halogens is 1. The normalized spacial score (nSPS) is 38.8. The first-order chi connectivity index (χ1) is 7.16. The molecule has 0 aromatic carbocycles. The Morgan fingerprint density at radius 1 is 1.53 bits per heavy atom. The summed E-state index contributed by atoms with van der Waals surface area (Å²) in [6.45, 7) is 0. The van der Waals surface area contributed by atoms with Gasteiger partial charge in [0, 0.05) is 16.8 Å². The lowest BCUT2D eigenvalue weighted by molar-refractivity contribution is 0.0858. The smallest absolute Gasteiger partial charge is 0.0763 e. The molecular weight excluding hydrogens is 274 g/mol. The van der Waals surface area contributed by atoms with E-state index in [1.165, 1.54) is 15.1 Å². The minimum absolute atomic E-state index is 0.104. The maximum Gasteiger partial charge on any atom is 0.0763 e. The van der Waals surface area contributed by atoms with Crippen molar-refractivity contribution >= 4 is 27.3 Å². The lowest BCUT2D eigenvalue weighted by Gasteiger charge is -2.30. The molecule has 2 nitrogen and oxygen atoms in total. The number of ether oxygens (including phenoxy) is 1. The molecule has 1 aromatic heterocycles. The fourth-order valence-corrected chi connectivity index (χ4v) is 4.41. The van der Waals surface area contributed by atoms with Crippen molar-refractivity contribution < 1.29 is 4.74 Å². The Morgan fingerprint density at radius 3 is 2.93 bits per heavy atom. The Hall–Kier alpha value is 0.1000. The van der Waals surface area contributed by atoms with E-state index in [-0.39, 0.29) is 5.54 Å². The molecule has 0 radical (unpaired) electrons. The summed E-state index contributed by atoms with van der Waals surface area (Å²) in [7, 11) is 0. The Balaban J connectivity index is 1.77. The van der Waals surface area contributed by atoms with Gasteiger partial charge in [0.15, 0.2) is 0 Å². The number of hydrogen-bond donors (Lipinski definition) is 1. The van der Waals surface area contributed by atoms with Crippen LogP contribution >= 0.6 is 27.3 Å². The molecule has 2 aliphatic heterocycles. The summed E-state index contributed by atoms with van der Waals surface area (Å²) in [6, 6.07) is 4.26. The van der Waals surface area contributed by atoms with E-state index < -0.39 is 0 Å². The zero-order chi connectivity index (χ0) is 10.5. The molecule has 0 aliphatic carbocycles. The van der Waals surface area contributed by atoms with Gasteiger partial charge in [-0.05, 0) is 47.3 Å². The van der Waals surface area contributed by atoms with Crippen molar-refractivity contribution in [3.63, 3.8) is 0 Å². The van der Waals surface area contributed by atoms with Crippen LogP contribution in [-0.2, 0) is 11.2 Å². The van der Waals surface area contributed by atoms with Gasteiger partial charge in [0.05, 0.1) is 16.0 Å². The van der Waals surface area contributed by atoms with E-state index in [2.05, 4.69) is 28.1 Å². The predicted octanol–water partition coefficient (Wildman–Crippen LogP) is 2.70. The fourth-order valence-electron chi connectivity index (χ4n) is 2.79. The molecule has 82 valence electrons. The second-order valence-corrected chi connectivity index (χ2v) is 7.19. The van der Waals surface area contributed by atoms with Gasteiger partial charge >= 0.3 is 0 Å². The van der Waals surface area contributed by atoms with Gasteiger partial charge in [-0.2, -0.15) is 0 Å². The quantitative estimate of drug-likeness (QED) is 0.908. The highest BCUT2D eigenvalue weighted by atomic mass is 79.9. The SMILES string of the molecule is NC1(Cc2ccc(Br)s2)CC2CCC1O2. The summed E-state index contributed by atoms with van der Waals surface area (Å²) in [4.78, 5) is 1.36. The van der Waals surface area contributed by atoms with Crippen LogP contribution < -0.4 is 5.73 Å². The highest BCUT2D eigenvalue weighted by Crippen LogP contribution is 2.42. The summed E-state index contributed by atoms with van der Waals surface area (Å²) >= 11 is 5.27. The molecule has 2 aliphatic rings. The van der Waals surface area contributed by atoms with Crippen molar-refractivity contribution in [2.45, 2.75) is 43.4 Å². The second-order valence-electron chi connectivity index (χ2n) is 4.64. The molecule has 0 amide bonds. The standard InChI is InChI=1S/C11H14BrNOS/c12-10-4-2-8(15-10)6-11(13)5-7-1-3-9(11)14-7/h2,4,7,9H,1,3,5-6,13H2. The molecule has 0 saturated carbocycles. The van der Waals surface area contributed by atoms with Crippen LogP contribution in [0.2, 0.25) is 0 Å². The maximum atomic E-state index is 6.45. The molecular formula is C11H14BrNOS. The van der Waals surface area contributed by atoms with Crippen LogP contribution in [0.5, 0.6) is 0 Å². The van der Waals surface area contributed by atoms with E-state index in [0.29, 0.717) is 12.2 Å². The summed E-state index contributed by atoms with van der Waals surface area (Å²) in [6.07, 6.45) is 5.08. The fraction of sp³-hybridized carbons (Fsp3) is 0.636. The predicted molar refractivity (Wildman–Crippen MR) is 65.2 cm³/mol. The lowest BCUT2D eigenvalue weighted by atomic mass is 9.80. The molecule has 0 spiro atoms. The molecule has 3 unspecified atom stereocenters. The van der Waals surface area contributed by atoms with Gasteiger partial charge in [0.1, 0.15) is 0 Å². The van der Waals surface area contributed by atoms with E-state index in [0.717, 1.165) is 19.3 Å². The summed E-state index contributed by atoms with van der Waals surface area (Å²) in [5.74, 6) is 0. The van der Waals surface area contributed by atoms with E-state index in [1.807, 2.05) is 0 Å². The van der Waals surface area contributed by atoms with Gasteiger partial charge in [0.25, 0.3) is 0 Å². The number of hydrogen-bond acceptors (Lipinski definition) is 3. The molecule has 3 rings (SSSR count). The number of fused-ring (bicyclic) bond motifs is 2. The van der Waals surface area contributed by atoms with Crippen LogP contribution in [-0.4, -0.2) is 17.7 Å². The van der Waals surface area contributed by atoms with Crippen molar-refractivity contribution in [3.05, 3.63) is 20.8 Å². The van der Waals surface area contributed by atoms with Crippen molar-refractivity contribution in [3.8, 4) is 0 Å². The van der Waals surface area contributed by atoms with Gasteiger partial charge in [-0.3, -0.25) is 0 Å². The van der Waals surface area contributed by atoms with Crippen molar-refractivity contribution in [2.24, 2.45) is 5.73 Å². The Kier molecular flexibility index (Phi) is 2.43. The van der Waals surface area contributed by atoms with Crippen LogP contribution in [0.4, 0.5) is 0 Å². The van der Waals surface area contributed by atoms with Gasteiger partial charge in [0.2, 0.25) is 0 Å². The number of rotatable bonds is 2. The number of nitrogens with two attached hydrogens (primary N) is 1. The molecule has 15 heavy (non-hydrogen) atoms. The molecule has 1 aromatic rings. The summed E-state index contributed by atoms with van der Waals surface area (Å²) < 4.78 is 7.02. The zero-order valence-corrected chi connectivity index (χ0v) is 10.8. The first kappa shape index (κ1) is 10.3. The molecule has 4 heteroatoms. The monoisotopic (exact) mass is 287 g/mol. The van der Waals surface area contributed by atoms with Crippen LogP contribution in [0.25, 0.3) is 0 Å². The van der Waals surface area contributed by atoms with Gasteiger partial charge in [-0.15, -0.1) is 11.3 Å². The minimum atomic E-state index is -0.104. The van der Waals surface area contributed by atoms with Crippen molar-refractivity contribution in [1.82, 2.24) is 0 Å². The van der Waals surface area contributed by atoms with Crippen LogP contribution in [0.1, 0.15) is 24.1 Å². The Bertz CT molecular complexity index is 380. The van der Waals surface area contributed by atoms with E-state index >= 15 is 0 Å². The Morgan fingerprint density at radius 2 is 2.40 bits per heavy atom. The van der Waals surface area contributed by atoms with Gasteiger partial charge < -0.3 is 10.5 Å². The topological polar surface area (TPSA) is 35.2 Å². The number of thiophene rings is 1. The lowest BCUT2D eigenvalue weighted by Crippen LogP contribution is -2.50. The molecule has 3 heterocycles. The third-order valence-corrected chi connectivity index (χ3v) is 5.11. The Labute approximate surface area is 102 Å². The highest BCUT2D eigenvalue weighted by Gasteiger charge is 2.49. The van der Waals surface area contributed by atoms with E-state index in [1.54, 1.807) is 11.3 Å². The summed E-state index contributed by atoms with van der Waals surface area (Å²) in [5.41, 5.74) is 6.35. The second kappa shape index (κ2) is 3.55. The van der Waals surface area contributed by atoms with Crippen molar-refractivity contribution in [1.29, 1.82) is 0 Å². The highest BCUT2D eigenvalue weighted by molar-refractivity contribution is 9.11. The molecule has 2 bridgehead atoms. The van der Waals surface area contributed by atoms with E-state index in [9.17, 15) is 0 Å². The average Bonchev–Trinajstić information content (AvgIpc) is 2.81. The first-order valence-electron chi connectivity index (χ1n) is 5.34. The van der Waals surface area contributed by atoms with E-state index in [4.69, 9.17) is 10.5 Å². The average molecular weight is 288 g/mol. The van der Waals surface area contributed by atoms with Crippen LogP contribution in [0.15, 0.2) is 15.9 Å². The molecule has 2 fully saturated rings. The zero-order valence-electron chi connectivity index (χ0n) is 8.41. The molecule has 2 N–H and O–H groups in total.